The number of pyridine rings is 1. The number of likely N-dealkylation sites (tertiary alicyclic amines) is 1. The zero-order valence-electron chi connectivity index (χ0n) is 18.4. The highest BCUT2D eigenvalue weighted by molar-refractivity contribution is 5.88. The summed E-state index contributed by atoms with van der Waals surface area (Å²) in [5, 5.41) is 5.79. The second kappa shape index (κ2) is 6.67. The molecule has 0 aliphatic carbocycles. The van der Waals surface area contributed by atoms with Gasteiger partial charge >= 0.3 is 6.09 Å². The molecule has 2 aliphatic heterocycles. The number of hydrogen-bond acceptors (Lipinski definition) is 5. The van der Waals surface area contributed by atoms with Crippen molar-refractivity contribution in [2.75, 3.05) is 13.1 Å². The maximum absolute atomic E-state index is 12.6. The van der Waals surface area contributed by atoms with Crippen LogP contribution in [0.1, 0.15) is 44.9 Å². The average Bonchev–Trinajstić information content (AvgIpc) is 3.46. The molecule has 2 aliphatic rings. The quantitative estimate of drug-likeness (QED) is 0.591. The molecule has 0 N–H and O–H groups in total. The van der Waals surface area contributed by atoms with E-state index in [9.17, 15) is 9.59 Å². The van der Waals surface area contributed by atoms with Crippen LogP contribution in [0, 0.1) is 6.92 Å². The van der Waals surface area contributed by atoms with Gasteiger partial charge in [-0.05, 0) is 58.2 Å². The molecule has 0 radical (unpaired) electrons. The minimum Gasteiger partial charge on any atom is -0.444 e. The SMILES string of the molecule is Cc1cn(C=O)c2ncc(-c3cc4n(n3)CCC43CCN(C(=O)OC(C)(C)C)C3)cc12. The van der Waals surface area contributed by atoms with E-state index in [4.69, 9.17) is 9.84 Å². The Labute approximate surface area is 180 Å². The predicted molar refractivity (Wildman–Crippen MR) is 117 cm³/mol. The van der Waals surface area contributed by atoms with Gasteiger partial charge in [-0.2, -0.15) is 5.10 Å². The van der Waals surface area contributed by atoms with E-state index >= 15 is 0 Å². The van der Waals surface area contributed by atoms with Crippen molar-refractivity contribution >= 4 is 23.5 Å². The zero-order chi connectivity index (χ0) is 22.0. The Morgan fingerprint density at radius 1 is 1.23 bits per heavy atom. The molecule has 0 bridgehead atoms. The average molecular weight is 422 g/mol. The van der Waals surface area contributed by atoms with Gasteiger partial charge in [0.2, 0.25) is 6.41 Å². The number of aromatic nitrogens is 4. The van der Waals surface area contributed by atoms with E-state index in [-0.39, 0.29) is 11.5 Å². The number of carbonyl (C=O) groups is 2. The largest absolute Gasteiger partial charge is 0.444 e. The van der Waals surface area contributed by atoms with Crippen LogP contribution < -0.4 is 0 Å². The highest BCUT2D eigenvalue weighted by Crippen LogP contribution is 2.44. The molecule has 1 spiro atoms. The van der Waals surface area contributed by atoms with Crippen molar-refractivity contribution < 1.29 is 14.3 Å². The number of aryl methyl sites for hydroxylation is 2. The molecule has 1 fully saturated rings. The van der Waals surface area contributed by atoms with Gasteiger partial charge in [0.05, 0.1) is 5.69 Å². The van der Waals surface area contributed by atoms with E-state index in [2.05, 4.69) is 15.7 Å². The van der Waals surface area contributed by atoms with E-state index in [0.717, 1.165) is 48.0 Å². The van der Waals surface area contributed by atoms with Gasteiger partial charge in [0.15, 0.2) is 0 Å². The summed E-state index contributed by atoms with van der Waals surface area (Å²) in [6.07, 6.45) is 5.98. The lowest BCUT2D eigenvalue weighted by Crippen LogP contribution is -2.37. The molecule has 8 heteroatoms. The molecular formula is C23H27N5O3. The number of ether oxygens (including phenoxy) is 1. The Morgan fingerprint density at radius 2 is 2.00 bits per heavy atom. The van der Waals surface area contributed by atoms with Crippen LogP contribution in [0.2, 0.25) is 0 Å². The van der Waals surface area contributed by atoms with Crippen LogP contribution in [0.4, 0.5) is 4.79 Å². The van der Waals surface area contributed by atoms with Gasteiger partial charge < -0.3 is 9.64 Å². The fraction of sp³-hybridized carbons (Fsp3) is 0.478. The summed E-state index contributed by atoms with van der Waals surface area (Å²) in [5.74, 6) is 0. The first kappa shape index (κ1) is 19.8. The first-order valence-corrected chi connectivity index (χ1v) is 10.7. The summed E-state index contributed by atoms with van der Waals surface area (Å²) in [6, 6.07) is 4.19. The summed E-state index contributed by atoms with van der Waals surface area (Å²) in [7, 11) is 0. The number of hydrogen-bond donors (Lipinski definition) is 0. The van der Waals surface area contributed by atoms with Crippen molar-refractivity contribution in [3.8, 4) is 11.3 Å². The lowest BCUT2D eigenvalue weighted by Gasteiger charge is -2.26. The maximum Gasteiger partial charge on any atom is 0.410 e. The molecule has 1 unspecified atom stereocenters. The van der Waals surface area contributed by atoms with Crippen molar-refractivity contribution in [1.29, 1.82) is 0 Å². The molecule has 3 aromatic heterocycles. The third kappa shape index (κ3) is 3.21. The number of carbonyl (C=O) groups excluding carboxylic acids is 2. The van der Waals surface area contributed by atoms with E-state index in [0.29, 0.717) is 18.7 Å². The molecule has 31 heavy (non-hydrogen) atoms. The maximum atomic E-state index is 12.6. The Kier molecular flexibility index (Phi) is 4.26. The summed E-state index contributed by atoms with van der Waals surface area (Å²) >= 11 is 0. The fourth-order valence-corrected chi connectivity index (χ4v) is 4.88. The van der Waals surface area contributed by atoms with Gasteiger partial charge in [0.1, 0.15) is 11.2 Å². The lowest BCUT2D eigenvalue weighted by atomic mass is 9.82. The van der Waals surface area contributed by atoms with E-state index in [1.807, 2.05) is 38.7 Å². The van der Waals surface area contributed by atoms with E-state index < -0.39 is 5.60 Å². The van der Waals surface area contributed by atoms with E-state index in [1.165, 1.54) is 10.3 Å². The molecule has 0 aromatic carbocycles. The predicted octanol–water partition coefficient (Wildman–Crippen LogP) is 3.53. The van der Waals surface area contributed by atoms with Gasteiger partial charge in [0, 0.05) is 54.1 Å². The highest BCUT2D eigenvalue weighted by atomic mass is 16.6. The Hall–Kier alpha value is -3.16. The Balaban J connectivity index is 1.44. The summed E-state index contributed by atoms with van der Waals surface area (Å²) < 4.78 is 9.15. The Morgan fingerprint density at radius 3 is 2.74 bits per heavy atom. The van der Waals surface area contributed by atoms with Gasteiger partial charge in [-0.25, -0.2) is 9.78 Å². The van der Waals surface area contributed by atoms with Crippen LogP contribution in [0.25, 0.3) is 22.3 Å². The molecule has 1 amide bonds. The Bertz CT molecular complexity index is 1200. The number of nitrogens with zero attached hydrogens (tertiary/aromatic N) is 5. The first-order valence-electron chi connectivity index (χ1n) is 10.7. The van der Waals surface area contributed by atoms with Crippen LogP contribution in [-0.4, -0.2) is 55.4 Å². The molecule has 3 aromatic rings. The molecule has 0 saturated carbocycles. The number of rotatable bonds is 2. The van der Waals surface area contributed by atoms with Crippen LogP contribution in [-0.2, 0) is 21.5 Å². The molecule has 1 saturated heterocycles. The summed E-state index contributed by atoms with van der Waals surface area (Å²) in [5.41, 5.74) is 4.07. The minimum atomic E-state index is -0.496. The molecular weight excluding hydrogens is 394 g/mol. The summed E-state index contributed by atoms with van der Waals surface area (Å²) in [4.78, 5) is 30.1. The van der Waals surface area contributed by atoms with Crippen molar-refractivity contribution in [1.82, 2.24) is 24.2 Å². The molecule has 162 valence electrons. The normalized spacial score (nSPS) is 20.6. The number of fused-ring (bicyclic) bond motifs is 3. The van der Waals surface area contributed by atoms with Crippen molar-refractivity contribution in [2.24, 2.45) is 0 Å². The summed E-state index contributed by atoms with van der Waals surface area (Å²) in [6.45, 7) is 9.84. The van der Waals surface area contributed by atoms with Crippen LogP contribution >= 0.6 is 0 Å². The smallest absolute Gasteiger partial charge is 0.410 e. The zero-order valence-corrected chi connectivity index (χ0v) is 18.4. The van der Waals surface area contributed by atoms with Crippen molar-refractivity contribution in [3.05, 3.63) is 35.8 Å². The molecule has 5 heterocycles. The second-order valence-corrected chi connectivity index (χ2v) is 9.74. The third-order valence-electron chi connectivity index (χ3n) is 6.41. The topological polar surface area (TPSA) is 82.3 Å². The van der Waals surface area contributed by atoms with Crippen molar-refractivity contribution in [3.63, 3.8) is 0 Å². The lowest BCUT2D eigenvalue weighted by molar-refractivity contribution is 0.0284. The minimum absolute atomic E-state index is 0.0730. The van der Waals surface area contributed by atoms with E-state index in [1.54, 1.807) is 12.4 Å². The van der Waals surface area contributed by atoms with Gasteiger partial charge in [-0.3, -0.25) is 14.0 Å². The molecule has 1 atom stereocenters. The second-order valence-electron chi connectivity index (χ2n) is 9.74. The standard InChI is InChI=1S/C23H27N5O3/c1-15-12-27(14-29)20-17(15)9-16(11-24-20)18-10-19-23(6-8-28(19)25-18)5-7-26(13-23)21(30)31-22(2,3)4/h9-12,14H,5-8,13H2,1-4H3. The third-order valence-corrected chi connectivity index (χ3v) is 6.41. The van der Waals surface area contributed by atoms with Crippen LogP contribution in [0.5, 0.6) is 0 Å². The first-order chi connectivity index (χ1) is 14.7. The fourth-order valence-electron chi connectivity index (χ4n) is 4.88. The molecule has 5 rings (SSSR count). The monoisotopic (exact) mass is 421 g/mol. The van der Waals surface area contributed by atoms with Crippen molar-refractivity contribution in [2.45, 2.75) is 58.1 Å². The highest BCUT2D eigenvalue weighted by Gasteiger charge is 2.47. The van der Waals surface area contributed by atoms with Crippen LogP contribution in [0.15, 0.2) is 24.5 Å². The van der Waals surface area contributed by atoms with Gasteiger partial charge in [-0.15, -0.1) is 0 Å². The molecule has 8 nitrogen and oxygen atoms in total. The van der Waals surface area contributed by atoms with Gasteiger partial charge in [-0.1, -0.05) is 0 Å². The van der Waals surface area contributed by atoms with Crippen LogP contribution in [0.3, 0.4) is 0 Å². The van der Waals surface area contributed by atoms with Gasteiger partial charge in [0.25, 0.3) is 0 Å². The number of amides is 1.